The van der Waals surface area contributed by atoms with Crippen molar-refractivity contribution in [2.24, 2.45) is 11.8 Å². The molecule has 144 valence electrons. The highest BCUT2D eigenvalue weighted by Gasteiger charge is 2.35. The Morgan fingerprint density at radius 3 is 2.56 bits per heavy atom. The van der Waals surface area contributed by atoms with Crippen LogP contribution in [-0.2, 0) is 11.3 Å². The average Bonchev–Trinajstić information content (AvgIpc) is 3.14. The van der Waals surface area contributed by atoms with Crippen LogP contribution in [0.2, 0.25) is 0 Å². The minimum Gasteiger partial charge on any atom is -0.331 e. The molecule has 1 aliphatic heterocycles. The molecular weight excluding hydrogens is 334 g/mol. The van der Waals surface area contributed by atoms with Gasteiger partial charge in [0.1, 0.15) is 5.82 Å². The summed E-state index contributed by atoms with van der Waals surface area (Å²) in [5.41, 5.74) is 2.18. The predicted molar refractivity (Wildman–Crippen MR) is 108 cm³/mol. The fraction of sp³-hybridized carbons (Fsp3) is 0.565. The summed E-state index contributed by atoms with van der Waals surface area (Å²) in [7, 11) is 0. The molecule has 1 aromatic heterocycles. The Labute approximate surface area is 162 Å². The molecule has 0 unspecified atom stereocenters. The van der Waals surface area contributed by atoms with Crippen LogP contribution in [0.25, 0.3) is 11.3 Å². The number of amides is 1. The Hall–Kier alpha value is -2.10. The number of hydrogen-bond acceptors (Lipinski definition) is 2. The molecule has 1 amide bonds. The normalized spacial score (nSPS) is 20.7. The smallest absolute Gasteiger partial charge is 0.225 e. The predicted octanol–water partition coefficient (Wildman–Crippen LogP) is 5.06. The summed E-state index contributed by atoms with van der Waals surface area (Å²) in [6.45, 7) is 5.66. The van der Waals surface area contributed by atoms with Crippen LogP contribution in [0, 0.1) is 11.8 Å². The van der Waals surface area contributed by atoms with Gasteiger partial charge in [0, 0.05) is 30.8 Å². The number of benzene rings is 1. The molecule has 0 bridgehead atoms. The first-order valence-electron chi connectivity index (χ1n) is 10.6. The number of carbonyl (C=O) groups excluding carboxylic acids is 1. The van der Waals surface area contributed by atoms with Gasteiger partial charge in [0.05, 0.1) is 11.7 Å². The number of aromatic nitrogens is 2. The molecule has 27 heavy (non-hydrogen) atoms. The van der Waals surface area contributed by atoms with Crippen molar-refractivity contribution < 1.29 is 4.79 Å². The molecule has 2 heterocycles. The number of nitrogens with zero attached hydrogens (tertiary/aromatic N) is 3. The van der Waals surface area contributed by atoms with Gasteiger partial charge in [0.25, 0.3) is 0 Å². The highest BCUT2D eigenvalue weighted by atomic mass is 16.2. The summed E-state index contributed by atoms with van der Waals surface area (Å²) in [4.78, 5) is 20.1. The lowest BCUT2D eigenvalue weighted by Crippen LogP contribution is -2.44. The van der Waals surface area contributed by atoms with E-state index in [0.29, 0.717) is 0 Å². The lowest BCUT2D eigenvalue weighted by molar-refractivity contribution is -0.138. The molecule has 0 spiro atoms. The van der Waals surface area contributed by atoms with Crippen LogP contribution in [0.4, 0.5) is 0 Å². The SMILES string of the molecule is CC(C)C(=O)N1CCn2cc(-c3ccccc3)nc2[C@@H]1CC1CCCCC1. The van der Waals surface area contributed by atoms with Crippen LogP contribution >= 0.6 is 0 Å². The zero-order valence-electron chi connectivity index (χ0n) is 16.6. The third-order valence-electron chi connectivity index (χ3n) is 6.19. The second-order valence-corrected chi connectivity index (χ2v) is 8.49. The summed E-state index contributed by atoms with van der Waals surface area (Å²) in [5, 5.41) is 0. The van der Waals surface area contributed by atoms with Gasteiger partial charge in [0.15, 0.2) is 0 Å². The molecule has 4 nitrogen and oxygen atoms in total. The Kier molecular flexibility index (Phi) is 5.33. The maximum Gasteiger partial charge on any atom is 0.225 e. The third kappa shape index (κ3) is 3.80. The van der Waals surface area contributed by atoms with Gasteiger partial charge in [-0.05, 0) is 12.3 Å². The first-order valence-corrected chi connectivity index (χ1v) is 10.6. The number of hydrogen-bond donors (Lipinski definition) is 0. The largest absolute Gasteiger partial charge is 0.331 e. The summed E-state index contributed by atoms with van der Waals surface area (Å²) >= 11 is 0. The highest BCUT2D eigenvalue weighted by Crippen LogP contribution is 2.38. The van der Waals surface area contributed by atoms with Crippen LogP contribution in [0.15, 0.2) is 36.5 Å². The molecule has 0 N–H and O–H groups in total. The van der Waals surface area contributed by atoms with E-state index >= 15 is 0 Å². The van der Waals surface area contributed by atoms with Crippen LogP contribution in [0.3, 0.4) is 0 Å². The van der Waals surface area contributed by atoms with E-state index in [4.69, 9.17) is 4.98 Å². The van der Waals surface area contributed by atoms with Crippen LogP contribution in [-0.4, -0.2) is 26.9 Å². The van der Waals surface area contributed by atoms with Gasteiger partial charge in [-0.25, -0.2) is 4.98 Å². The summed E-state index contributed by atoms with van der Waals surface area (Å²) in [6, 6.07) is 10.5. The van der Waals surface area contributed by atoms with Gasteiger partial charge < -0.3 is 9.47 Å². The fourth-order valence-corrected chi connectivity index (χ4v) is 4.70. The lowest BCUT2D eigenvalue weighted by atomic mass is 9.84. The van der Waals surface area contributed by atoms with Crippen LogP contribution < -0.4 is 0 Å². The number of carbonyl (C=O) groups is 1. The molecule has 4 rings (SSSR count). The van der Waals surface area contributed by atoms with Crippen molar-refractivity contribution >= 4 is 5.91 Å². The van der Waals surface area contributed by atoms with Crippen molar-refractivity contribution in [1.82, 2.24) is 14.5 Å². The molecular formula is C23H31N3O. The zero-order chi connectivity index (χ0) is 18.8. The van der Waals surface area contributed by atoms with Gasteiger partial charge in [0.2, 0.25) is 5.91 Å². The molecule has 1 aromatic carbocycles. The van der Waals surface area contributed by atoms with Crippen molar-refractivity contribution in [3.63, 3.8) is 0 Å². The monoisotopic (exact) mass is 365 g/mol. The molecule has 4 heteroatoms. The number of rotatable bonds is 4. The summed E-state index contributed by atoms with van der Waals surface area (Å²) in [6.07, 6.45) is 9.86. The lowest BCUT2D eigenvalue weighted by Gasteiger charge is -2.39. The maximum absolute atomic E-state index is 12.9. The van der Waals surface area contributed by atoms with Gasteiger partial charge in [-0.3, -0.25) is 4.79 Å². The molecule has 1 fully saturated rings. The van der Waals surface area contributed by atoms with E-state index in [1.165, 1.54) is 32.1 Å². The van der Waals surface area contributed by atoms with Crippen molar-refractivity contribution in [2.45, 2.75) is 65.0 Å². The van der Waals surface area contributed by atoms with Crippen molar-refractivity contribution in [3.8, 4) is 11.3 Å². The molecule has 1 saturated carbocycles. The minimum atomic E-state index is 0.0361. The second kappa shape index (κ2) is 7.87. The Morgan fingerprint density at radius 1 is 1.11 bits per heavy atom. The summed E-state index contributed by atoms with van der Waals surface area (Å²) in [5.74, 6) is 2.11. The fourth-order valence-electron chi connectivity index (χ4n) is 4.70. The quantitative estimate of drug-likeness (QED) is 0.759. The standard InChI is InChI=1S/C23H31N3O/c1-17(2)23(27)26-14-13-25-16-20(19-11-7-4-8-12-19)24-22(25)21(26)15-18-9-5-3-6-10-18/h4,7-8,11-12,16-18,21H,3,5-6,9-10,13-15H2,1-2H3/t21-/m0/s1. The Balaban J connectivity index is 1.66. The van der Waals surface area contributed by atoms with Crippen LogP contribution in [0.5, 0.6) is 0 Å². The highest BCUT2D eigenvalue weighted by molar-refractivity contribution is 5.78. The van der Waals surface area contributed by atoms with Gasteiger partial charge in [-0.15, -0.1) is 0 Å². The molecule has 1 aliphatic carbocycles. The topological polar surface area (TPSA) is 38.1 Å². The van der Waals surface area contributed by atoms with E-state index in [9.17, 15) is 4.79 Å². The number of fused-ring (bicyclic) bond motifs is 1. The Morgan fingerprint density at radius 2 is 1.85 bits per heavy atom. The zero-order valence-corrected chi connectivity index (χ0v) is 16.6. The van der Waals surface area contributed by atoms with Gasteiger partial charge in [-0.1, -0.05) is 76.3 Å². The molecule has 0 saturated heterocycles. The van der Waals surface area contributed by atoms with Crippen molar-refractivity contribution in [2.75, 3.05) is 6.54 Å². The maximum atomic E-state index is 12.9. The molecule has 1 atom stereocenters. The second-order valence-electron chi connectivity index (χ2n) is 8.49. The van der Waals surface area contributed by atoms with E-state index in [1.807, 2.05) is 19.9 Å². The van der Waals surface area contributed by atoms with E-state index in [-0.39, 0.29) is 17.9 Å². The molecule has 0 radical (unpaired) electrons. The van der Waals surface area contributed by atoms with Crippen LogP contribution in [0.1, 0.15) is 64.2 Å². The first-order chi connectivity index (χ1) is 13.1. The van der Waals surface area contributed by atoms with E-state index in [1.54, 1.807) is 0 Å². The molecule has 2 aliphatic rings. The van der Waals surface area contributed by atoms with E-state index < -0.39 is 0 Å². The summed E-state index contributed by atoms with van der Waals surface area (Å²) < 4.78 is 2.29. The van der Waals surface area contributed by atoms with Gasteiger partial charge in [-0.2, -0.15) is 0 Å². The number of imidazole rings is 1. The minimum absolute atomic E-state index is 0.0361. The van der Waals surface area contributed by atoms with E-state index in [0.717, 1.165) is 42.5 Å². The molecule has 2 aromatic rings. The van der Waals surface area contributed by atoms with E-state index in [2.05, 4.69) is 39.9 Å². The first kappa shape index (κ1) is 18.3. The van der Waals surface area contributed by atoms with Crippen molar-refractivity contribution in [1.29, 1.82) is 0 Å². The van der Waals surface area contributed by atoms with Gasteiger partial charge >= 0.3 is 0 Å². The third-order valence-corrected chi connectivity index (χ3v) is 6.19. The Bertz CT molecular complexity index is 774. The average molecular weight is 366 g/mol. The van der Waals surface area contributed by atoms with Crippen molar-refractivity contribution in [3.05, 3.63) is 42.4 Å².